The Hall–Kier alpha value is -5.84. The van der Waals surface area contributed by atoms with Crippen LogP contribution in [0.15, 0.2) is 91.3 Å². The van der Waals surface area contributed by atoms with E-state index in [1.165, 1.54) is 49.0 Å². The zero-order valence-corrected chi connectivity index (χ0v) is 32.2. The highest BCUT2D eigenvalue weighted by Gasteiger charge is 2.28. The summed E-state index contributed by atoms with van der Waals surface area (Å²) in [5.41, 5.74) is 5.62. The highest BCUT2D eigenvalue weighted by Crippen LogP contribution is 2.41. The summed E-state index contributed by atoms with van der Waals surface area (Å²) in [6.45, 7) is 1.50. The number of carboxylic acids is 1. The van der Waals surface area contributed by atoms with Crippen molar-refractivity contribution >= 4 is 35.0 Å². The average molecular weight is 758 g/mol. The van der Waals surface area contributed by atoms with E-state index in [2.05, 4.69) is 33.6 Å². The van der Waals surface area contributed by atoms with Gasteiger partial charge in [-0.25, -0.2) is 9.97 Å². The van der Waals surface area contributed by atoms with Gasteiger partial charge in [-0.2, -0.15) is 0 Å². The van der Waals surface area contributed by atoms with Crippen LogP contribution in [-0.4, -0.2) is 63.9 Å². The van der Waals surface area contributed by atoms with E-state index >= 15 is 0 Å². The number of nitrogens with one attached hydrogen (secondary N) is 2. The summed E-state index contributed by atoms with van der Waals surface area (Å²) < 4.78 is 5.17. The molecular weight excluding hydrogens is 707 g/mol. The summed E-state index contributed by atoms with van der Waals surface area (Å²) in [6, 6.07) is 21.1. The largest absolute Gasteiger partial charge is 0.497 e. The SMILES string of the molecule is CC[C@H]1CC[C@H](C2CC=C(c3cnc(-c4ccc(CN(CC(=O)NCC(=O)O)C(=O)c5ccc(NC(=O)Cc6ccc(OC)cc6)cc5)cc4)nc3)CC2)CC1. The van der Waals surface area contributed by atoms with Gasteiger partial charge in [0.2, 0.25) is 11.8 Å². The molecule has 3 aromatic carbocycles. The highest BCUT2D eigenvalue weighted by molar-refractivity contribution is 5.98. The van der Waals surface area contributed by atoms with Gasteiger partial charge in [-0.15, -0.1) is 0 Å². The second kappa shape index (κ2) is 19.2. The van der Waals surface area contributed by atoms with E-state index in [0.29, 0.717) is 22.8 Å². The predicted octanol–water partition coefficient (Wildman–Crippen LogP) is 7.58. The van der Waals surface area contributed by atoms with Crippen LogP contribution in [0.25, 0.3) is 17.0 Å². The van der Waals surface area contributed by atoms with Gasteiger partial charge in [-0.3, -0.25) is 19.2 Å². The van der Waals surface area contributed by atoms with Crippen LogP contribution < -0.4 is 15.4 Å². The third-order valence-electron chi connectivity index (χ3n) is 11.2. The van der Waals surface area contributed by atoms with E-state index in [1.54, 1.807) is 43.5 Å². The number of hydrogen-bond donors (Lipinski definition) is 3. The monoisotopic (exact) mass is 757 g/mol. The van der Waals surface area contributed by atoms with E-state index in [-0.39, 0.29) is 25.4 Å². The van der Waals surface area contributed by atoms with Crippen LogP contribution in [0.5, 0.6) is 5.75 Å². The molecule has 0 aliphatic heterocycles. The molecule has 2 aliphatic rings. The second-order valence-electron chi connectivity index (χ2n) is 14.9. The zero-order valence-electron chi connectivity index (χ0n) is 32.2. The lowest BCUT2D eigenvalue weighted by molar-refractivity contribution is -0.138. The Kier molecular flexibility index (Phi) is 13.6. The first-order chi connectivity index (χ1) is 27.2. The third kappa shape index (κ3) is 10.9. The van der Waals surface area contributed by atoms with Gasteiger partial charge in [0.05, 0.1) is 13.5 Å². The molecule has 3 N–H and O–H groups in total. The topological polar surface area (TPSA) is 151 Å². The number of aromatic nitrogens is 2. The van der Waals surface area contributed by atoms with Crippen molar-refractivity contribution in [3.05, 3.63) is 114 Å². The van der Waals surface area contributed by atoms with Crippen LogP contribution in [-0.2, 0) is 27.3 Å². The number of rotatable bonds is 15. The Balaban J connectivity index is 1.07. The molecule has 1 atom stereocenters. The van der Waals surface area contributed by atoms with E-state index in [4.69, 9.17) is 9.84 Å². The molecule has 2 aliphatic carbocycles. The predicted molar refractivity (Wildman–Crippen MR) is 216 cm³/mol. The Bertz CT molecular complexity index is 1990. The molecule has 1 aromatic heterocycles. The Morgan fingerprint density at radius 3 is 2.09 bits per heavy atom. The number of anilines is 1. The molecule has 292 valence electrons. The number of hydrogen-bond acceptors (Lipinski definition) is 7. The Morgan fingerprint density at radius 1 is 0.804 bits per heavy atom. The molecule has 0 bridgehead atoms. The van der Waals surface area contributed by atoms with Crippen LogP contribution in [0, 0.1) is 17.8 Å². The van der Waals surface area contributed by atoms with E-state index in [9.17, 15) is 19.2 Å². The third-order valence-corrected chi connectivity index (χ3v) is 11.2. The molecule has 0 radical (unpaired) electrons. The Morgan fingerprint density at radius 2 is 1.48 bits per heavy atom. The van der Waals surface area contributed by atoms with Crippen molar-refractivity contribution in [1.82, 2.24) is 20.2 Å². The fourth-order valence-electron chi connectivity index (χ4n) is 7.85. The first-order valence-electron chi connectivity index (χ1n) is 19.6. The van der Waals surface area contributed by atoms with Crippen molar-refractivity contribution in [3.8, 4) is 17.1 Å². The van der Waals surface area contributed by atoms with Crippen molar-refractivity contribution in [1.29, 1.82) is 0 Å². The summed E-state index contributed by atoms with van der Waals surface area (Å²) in [6.07, 6.45) is 16.6. The highest BCUT2D eigenvalue weighted by atomic mass is 16.5. The number of ether oxygens (including phenoxy) is 1. The van der Waals surface area contributed by atoms with Gasteiger partial charge in [0.25, 0.3) is 5.91 Å². The minimum atomic E-state index is -1.18. The maximum Gasteiger partial charge on any atom is 0.322 e. The number of aliphatic carboxylic acids is 1. The molecule has 56 heavy (non-hydrogen) atoms. The lowest BCUT2D eigenvalue weighted by atomic mass is 9.71. The summed E-state index contributed by atoms with van der Waals surface area (Å²) in [5.74, 6) is 1.44. The number of nitrogens with zero attached hydrogens (tertiary/aromatic N) is 3. The van der Waals surface area contributed by atoms with Crippen LogP contribution >= 0.6 is 0 Å². The first kappa shape index (κ1) is 39.8. The lowest BCUT2D eigenvalue weighted by Gasteiger charge is -2.35. The number of amides is 3. The minimum Gasteiger partial charge on any atom is -0.497 e. The molecule has 1 fully saturated rings. The number of carboxylic acid groups (broad SMARTS) is 1. The minimum absolute atomic E-state index is 0.0922. The smallest absolute Gasteiger partial charge is 0.322 e. The maximum absolute atomic E-state index is 13.7. The number of allylic oxidation sites excluding steroid dienone is 2. The van der Waals surface area contributed by atoms with Gasteiger partial charge in [0.1, 0.15) is 18.8 Å². The van der Waals surface area contributed by atoms with Gasteiger partial charge in [0, 0.05) is 41.3 Å². The van der Waals surface area contributed by atoms with Gasteiger partial charge in [0.15, 0.2) is 5.82 Å². The van der Waals surface area contributed by atoms with E-state index < -0.39 is 24.3 Å². The molecule has 1 saturated carbocycles. The molecule has 0 saturated heterocycles. The first-order valence-corrected chi connectivity index (χ1v) is 19.6. The Labute approximate surface area is 328 Å². The molecule has 4 aromatic rings. The quantitative estimate of drug-likeness (QED) is 0.112. The number of carbonyl (C=O) groups is 4. The molecule has 1 unspecified atom stereocenters. The van der Waals surface area contributed by atoms with Gasteiger partial charge < -0.3 is 25.4 Å². The van der Waals surface area contributed by atoms with E-state index in [0.717, 1.165) is 52.8 Å². The molecule has 11 heteroatoms. The van der Waals surface area contributed by atoms with Gasteiger partial charge in [-0.05, 0) is 103 Å². The normalized spacial score (nSPS) is 18.0. The summed E-state index contributed by atoms with van der Waals surface area (Å²) in [7, 11) is 1.58. The van der Waals surface area contributed by atoms with Crippen molar-refractivity contribution < 1.29 is 29.0 Å². The fourth-order valence-corrected chi connectivity index (χ4v) is 7.85. The number of methoxy groups -OCH3 is 1. The summed E-state index contributed by atoms with van der Waals surface area (Å²) in [5, 5.41) is 14.2. The number of benzene rings is 3. The standard InChI is InChI=1S/C45H51N5O6/c1-3-30-4-10-33(11-5-30)34-14-16-35(17-15-34)38-25-47-44(48-26-38)36-12-6-32(7-13-36)28-50(29-42(52)46-27-43(53)54)45(55)37-18-20-39(21-19-37)49-41(51)24-31-8-22-40(56-2)23-9-31/h6-9,12-13,16,18-23,25-26,30,33-34H,3-5,10-11,14-15,17,24,27-29H2,1-2H3,(H,46,52)(H,49,51)(H,53,54)/t30-,33-,34?. The molecule has 6 rings (SSSR count). The van der Waals surface area contributed by atoms with Gasteiger partial charge in [-0.1, -0.05) is 68.7 Å². The van der Waals surface area contributed by atoms with Crippen LogP contribution in [0.3, 0.4) is 0 Å². The van der Waals surface area contributed by atoms with E-state index in [1.807, 2.05) is 48.8 Å². The molecular formula is C45H51N5O6. The van der Waals surface area contributed by atoms with Crippen LogP contribution in [0.1, 0.15) is 85.3 Å². The number of carbonyl (C=O) groups excluding carboxylic acids is 3. The summed E-state index contributed by atoms with van der Waals surface area (Å²) >= 11 is 0. The van der Waals surface area contributed by atoms with Crippen LogP contribution in [0.2, 0.25) is 0 Å². The van der Waals surface area contributed by atoms with Crippen molar-refractivity contribution in [3.63, 3.8) is 0 Å². The van der Waals surface area contributed by atoms with Gasteiger partial charge >= 0.3 is 5.97 Å². The zero-order chi connectivity index (χ0) is 39.4. The molecule has 11 nitrogen and oxygen atoms in total. The summed E-state index contributed by atoms with van der Waals surface area (Å²) in [4.78, 5) is 60.9. The van der Waals surface area contributed by atoms with Crippen molar-refractivity contribution in [2.75, 3.05) is 25.5 Å². The molecule has 0 spiro atoms. The fraction of sp³-hybridized carbons (Fsp3) is 0.378. The van der Waals surface area contributed by atoms with Crippen molar-refractivity contribution in [2.45, 2.75) is 71.3 Å². The second-order valence-corrected chi connectivity index (χ2v) is 14.9. The molecule has 3 amide bonds. The van der Waals surface area contributed by atoms with Crippen LogP contribution in [0.4, 0.5) is 5.69 Å². The van der Waals surface area contributed by atoms with Crippen molar-refractivity contribution in [2.24, 2.45) is 17.8 Å². The average Bonchev–Trinajstić information content (AvgIpc) is 3.23. The maximum atomic E-state index is 13.7. The molecule has 1 heterocycles. The lowest BCUT2D eigenvalue weighted by Crippen LogP contribution is -2.41.